The number of piperidine rings is 1. The molecule has 1 aromatic heterocycles. The van der Waals surface area contributed by atoms with Crippen LogP contribution in [0.2, 0.25) is 0 Å². The SMILES string of the molecule is O=C(O)c1ccnn1CC1CCCNC1. The molecule has 0 aromatic carbocycles. The molecule has 2 heterocycles. The first kappa shape index (κ1) is 10.2. The van der Waals surface area contributed by atoms with E-state index in [1.54, 1.807) is 16.9 Å². The third-order valence-electron chi connectivity index (χ3n) is 2.77. The topological polar surface area (TPSA) is 67.1 Å². The zero-order valence-corrected chi connectivity index (χ0v) is 8.52. The van der Waals surface area contributed by atoms with E-state index >= 15 is 0 Å². The highest BCUT2D eigenvalue weighted by Crippen LogP contribution is 2.13. The van der Waals surface area contributed by atoms with Gasteiger partial charge in [0, 0.05) is 12.7 Å². The zero-order valence-electron chi connectivity index (χ0n) is 8.52. The molecule has 0 aliphatic carbocycles. The van der Waals surface area contributed by atoms with Crippen molar-refractivity contribution in [3.05, 3.63) is 18.0 Å². The second-order valence-corrected chi connectivity index (χ2v) is 3.92. The summed E-state index contributed by atoms with van der Waals surface area (Å²) in [5, 5.41) is 16.3. The van der Waals surface area contributed by atoms with Gasteiger partial charge in [-0.3, -0.25) is 4.68 Å². The molecule has 1 aromatic rings. The van der Waals surface area contributed by atoms with Gasteiger partial charge in [0.1, 0.15) is 5.69 Å². The minimum Gasteiger partial charge on any atom is -0.477 e. The molecule has 1 atom stereocenters. The lowest BCUT2D eigenvalue weighted by molar-refractivity contribution is 0.0681. The van der Waals surface area contributed by atoms with Crippen molar-refractivity contribution in [2.24, 2.45) is 5.92 Å². The molecule has 0 bridgehead atoms. The van der Waals surface area contributed by atoms with Crippen LogP contribution in [0.1, 0.15) is 23.3 Å². The summed E-state index contributed by atoms with van der Waals surface area (Å²) in [5.41, 5.74) is 0.278. The molecule has 2 N–H and O–H groups in total. The van der Waals surface area contributed by atoms with Crippen LogP contribution in [0.4, 0.5) is 0 Å². The molecule has 82 valence electrons. The largest absolute Gasteiger partial charge is 0.477 e. The summed E-state index contributed by atoms with van der Waals surface area (Å²) in [6.07, 6.45) is 3.85. The van der Waals surface area contributed by atoms with E-state index in [0.717, 1.165) is 25.9 Å². The number of carboxylic acid groups (broad SMARTS) is 1. The average molecular weight is 209 g/mol. The van der Waals surface area contributed by atoms with E-state index in [1.165, 1.54) is 0 Å². The van der Waals surface area contributed by atoms with Crippen LogP contribution in [0.3, 0.4) is 0 Å². The molecular weight excluding hydrogens is 194 g/mol. The summed E-state index contributed by atoms with van der Waals surface area (Å²) in [4.78, 5) is 10.8. The van der Waals surface area contributed by atoms with E-state index in [4.69, 9.17) is 5.11 Å². The second-order valence-electron chi connectivity index (χ2n) is 3.92. The molecule has 15 heavy (non-hydrogen) atoms. The molecule has 0 spiro atoms. The quantitative estimate of drug-likeness (QED) is 0.764. The van der Waals surface area contributed by atoms with Crippen LogP contribution >= 0.6 is 0 Å². The maximum Gasteiger partial charge on any atom is 0.354 e. The van der Waals surface area contributed by atoms with E-state index in [-0.39, 0.29) is 5.69 Å². The number of aromatic carboxylic acids is 1. The van der Waals surface area contributed by atoms with E-state index in [1.807, 2.05) is 0 Å². The van der Waals surface area contributed by atoms with E-state index in [2.05, 4.69) is 10.4 Å². The monoisotopic (exact) mass is 209 g/mol. The standard InChI is InChI=1S/C10H15N3O2/c14-10(15)9-3-5-12-13(9)7-8-2-1-4-11-6-8/h3,5,8,11H,1-2,4,6-7H2,(H,14,15). The highest BCUT2D eigenvalue weighted by Gasteiger charge is 2.17. The Labute approximate surface area is 88.1 Å². The van der Waals surface area contributed by atoms with Gasteiger partial charge < -0.3 is 10.4 Å². The number of carboxylic acids is 1. The van der Waals surface area contributed by atoms with Crippen molar-refractivity contribution >= 4 is 5.97 Å². The van der Waals surface area contributed by atoms with Gasteiger partial charge in [-0.25, -0.2) is 4.79 Å². The highest BCUT2D eigenvalue weighted by molar-refractivity contribution is 5.85. The van der Waals surface area contributed by atoms with Crippen molar-refractivity contribution in [3.8, 4) is 0 Å². The molecule has 1 unspecified atom stereocenters. The summed E-state index contributed by atoms with van der Waals surface area (Å²) < 4.78 is 1.58. The molecule has 1 aliphatic rings. The summed E-state index contributed by atoms with van der Waals surface area (Å²) in [7, 11) is 0. The van der Waals surface area contributed by atoms with Crippen molar-refractivity contribution in [1.82, 2.24) is 15.1 Å². The molecule has 5 nitrogen and oxygen atoms in total. The van der Waals surface area contributed by atoms with Crippen molar-refractivity contribution < 1.29 is 9.90 Å². The number of hydrogen-bond acceptors (Lipinski definition) is 3. The Balaban J connectivity index is 2.03. The third kappa shape index (κ3) is 2.36. The van der Waals surface area contributed by atoms with Crippen LogP contribution in [0.5, 0.6) is 0 Å². The molecule has 0 saturated carbocycles. The van der Waals surface area contributed by atoms with Crippen LogP contribution in [-0.4, -0.2) is 33.9 Å². The van der Waals surface area contributed by atoms with Gasteiger partial charge in [-0.15, -0.1) is 0 Å². The molecule has 0 amide bonds. The van der Waals surface area contributed by atoms with Crippen molar-refractivity contribution in [3.63, 3.8) is 0 Å². The van der Waals surface area contributed by atoms with Crippen LogP contribution in [0, 0.1) is 5.92 Å². The Hall–Kier alpha value is -1.36. The number of aromatic nitrogens is 2. The van der Waals surface area contributed by atoms with E-state index < -0.39 is 5.97 Å². The lowest BCUT2D eigenvalue weighted by atomic mass is 10.00. The molecule has 5 heteroatoms. The first-order chi connectivity index (χ1) is 7.27. The minimum absolute atomic E-state index is 0.278. The molecule has 1 saturated heterocycles. The summed E-state index contributed by atoms with van der Waals surface area (Å²) in [6.45, 7) is 2.72. The van der Waals surface area contributed by atoms with Crippen LogP contribution in [-0.2, 0) is 6.54 Å². The number of carbonyl (C=O) groups is 1. The van der Waals surface area contributed by atoms with Crippen LogP contribution < -0.4 is 5.32 Å². The Morgan fingerprint density at radius 1 is 1.73 bits per heavy atom. The smallest absolute Gasteiger partial charge is 0.354 e. The fraction of sp³-hybridized carbons (Fsp3) is 0.600. The summed E-state index contributed by atoms with van der Waals surface area (Å²) in [6, 6.07) is 1.54. The lowest BCUT2D eigenvalue weighted by Crippen LogP contribution is -2.33. The molecule has 0 radical (unpaired) electrons. The number of nitrogens with zero attached hydrogens (tertiary/aromatic N) is 2. The van der Waals surface area contributed by atoms with E-state index in [9.17, 15) is 4.79 Å². The minimum atomic E-state index is -0.906. The number of rotatable bonds is 3. The van der Waals surface area contributed by atoms with E-state index in [0.29, 0.717) is 12.5 Å². The Bertz CT molecular complexity index is 342. The third-order valence-corrected chi connectivity index (χ3v) is 2.77. The normalized spacial score (nSPS) is 21.5. The number of nitrogens with one attached hydrogen (secondary N) is 1. The predicted octanol–water partition coefficient (Wildman–Crippen LogP) is 0.581. The van der Waals surface area contributed by atoms with Gasteiger partial charge in [0.2, 0.25) is 0 Å². The van der Waals surface area contributed by atoms with Crippen LogP contribution in [0.15, 0.2) is 12.3 Å². The summed E-state index contributed by atoms with van der Waals surface area (Å²) in [5.74, 6) is -0.409. The zero-order chi connectivity index (χ0) is 10.7. The van der Waals surface area contributed by atoms with Gasteiger partial charge in [-0.05, 0) is 37.9 Å². The second kappa shape index (κ2) is 4.44. The van der Waals surface area contributed by atoms with Gasteiger partial charge in [0.25, 0.3) is 0 Å². The highest BCUT2D eigenvalue weighted by atomic mass is 16.4. The van der Waals surface area contributed by atoms with Gasteiger partial charge in [-0.1, -0.05) is 0 Å². The Kier molecular flexibility index (Phi) is 3.01. The summed E-state index contributed by atoms with van der Waals surface area (Å²) >= 11 is 0. The average Bonchev–Trinajstić information content (AvgIpc) is 2.67. The van der Waals surface area contributed by atoms with Crippen molar-refractivity contribution in [2.45, 2.75) is 19.4 Å². The Morgan fingerprint density at radius 2 is 2.60 bits per heavy atom. The fourth-order valence-electron chi connectivity index (χ4n) is 1.98. The first-order valence-electron chi connectivity index (χ1n) is 5.23. The predicted molar refractivity (Wildman–Crippen MR) is 54.8 cm³/mol. The van der Waals surface area contributed by atoms with Crippen LogP contribution in [0.25, 0.3) is 0 Å². The lowest BCUT2D eigenvalue weighted by Gasteiger charge is -2.22. The first-order valence-corrected chi connectivity index (χ1v) is 5.23. The van der Waals surface area contributed by atoms with Gasteiger partial charge in [-0.2, -0.15) is 5.10 Å². The fourth-order valence-corrected chi connectivity index (χ4v) is 1.98. The van der Waals surface area contributed by atoms with Gasteiger partial charge in [0.15, 0.2) is 0 Å². The molecule has 1 aliphatic heterocycles. The number of hydrogen-bond donors (Lipinski definition) is 2. The maximum absolute atomic E-state index is 10.8. The van der Waals surface area contributed by atoms with Gasteiger partial charge >= 0.3 is 5.97 Å². The Morgan fingerprint density at radius 3 is 3.27 bits per heavy atom. The van der Waals surface area contributed by atoms with Gasteiger partial charge in [0.05, 0.1) is 0 Å². The molecule has 1 fully saturated rings. The maximum atomic E-state index is 10.8. The van der Waals surface area contributed by atoms with Crippen molar-refractivity contribution in [1.29, 1.82) is 0 Å². The van der Waals surface area contributed by atoms with Crippen molar-refractivity contribution in [2.75, 3.05) is 13.1 Å². The molecule has 2 rings (SSSR count). The molecular formula is C10H15N3O2.